The molecule has 7 nitrogen and oxygen atoms in total. The summed E-state index contributed by atoms with van der Waals surface area (Å²) in [6.45, 7) is 4.50. The topological polar surface area (TPSA) is 84.0 Å². The van der Waals surface area contributed by atoms with Crippen LogP contribution >= 0.6 is 12.2 Å². The lowest BCUT2D eigenvalue weighted by atomic mass is 9.93. The van der Waals surface area contributed by atoms with Gasteiger partial charge in [-0.15, -0.1) is 0 Å². The van der Waals surface area contributed by atoms with Gasteiger partial charge in [0.15, 0.2) is 5.11 Å². The summed E-state index contributed by atoms with van der Waals surface area (Å²) < 4.78 is 15.7. The van der Waals surface area contributed by atoms with Crippen molar-refractivity contribution in [2.75, 3.05) is 37.2 Å². The van der Waals surface area contributed by atoms with Gasteiger partial charge in [-0.25, -0.2) is 9.37 Å². The number of nitrogen functional groups attached to an aromatic ring is 1. The Morgan fingerprint density at radius 1 is 1.08 bits per heavy atom. The number of thiocarbonyl (C=S) groups is 1. The molecular formula is C28H32FN7S. The first-order chi connectivity index (χ1) is 18.0. The molecule has 0 aliphatic carbocycles. The zero-order valence-electron chi connectivity index (χ0n) is 20.7. The van der Waals surface area contributed by atoms with Crippen LogP contribution in [0.5, 0.6) is 0 Å². The van der Waals surface area contributed by atoms with E-state index in [1.165, 1.54) is 12.1 Å². The number of aromatic nitrogens is 3. The third kappa shape index (κ3) is 6.42. The molecule has 2 aromatic carbocycles. The van der Waals surface area contributed by atoms with E-state index in [9.17, 15) is 4.39 Å². The summed E-state index contributed by atoms with van der Waals surface area (Å²) in [6, 6.07) is 16.8. The maximum Gasteiger partial charge on any atom is 0.170 e. The highest BCUT2D eigenvalue weighted by molar-refractivity contribution is 7.80. The molecule has 0 bridgehead atoms. The molecule has 192 valence electrons. The fraction of sp³-hybridized carbons (Fsp3) is 0.321. The largest absolute Gasteiger partial charge is 0.397 e. The van der Waals surface area contributed by atoms with Crippen molar-refractivity contribution in [3.05, 3.63) is 84.2 Å². The molecule has 1 aliphatic heterocycles. The van der Waals surface area contributed by atoms with Crippen LogP contribution in [-0.4, -0.2) is 50.7 Å². The summed E-state index contributed by atoms with van der Waals surface area (Å²) in [6.07, 6.45) is 6.54. The first-order valence-corrected chi connectivity index (χ1v) is 13.1. The van der Waals surface area contributed by atoms with Gasteiger partial charge in [-0.05, 0) is 80.0 Å². The lowest BCUT2D eigenvalue weighted by Gasteiger charge is -2.32. The standard InChI is InChI=1S/C28H32FN7S/c29-22-7-5-21(6-8-22)19-36-26-4-2-1-3-24(26)33-27(36)17-20-10-14-35(15-11-20)16-13-32-28(37)34-25-18-31-12-9-23(25)30/h1-9,12,18,20H,10-11,13-17,19H2,(H2,30,31)(H2,32,34,37). The summed E-state index contributed by atoms with van der Waals surface area (Å²) >= 11 is 5.39. The maximum atomic E-state index is 13.4. The van der Waals surface area contributed by atoms with Gasteiger partial charge in [0.05, 0.1) is 28.6 Å². The number of piperidine rings is 1. The third-order valence-corrected chi connectivity index (χ3v) is 7.23. The predicted molar refractivity (Wildman–Crippen MR) is 151 cm³/mol. The van der Waals surface area contributed by atoms with Crippen LogP contribution in [0.25, 0.3) is 11.0 Å². The van der Waals surface area contributed by atoms with Gasteiger partial charge < -0.3 is 25.8 Å². The normalized spacial score (nSPS) is 14.6. The zero-order chi connectivity index (χ0) is 25.6. The Labute approximate surface area is 221 Å². The number of hydrogen-bond acceptors (Lipinski definition) is 5. The summed E-state index contributed by atoms with van der Waals surface area (Å²) in [5.74, 6) is 1.48. The average molecular weight is 518 g/mol. The van der Waals surface area contributed by atoms with Gasteiger partial charge >= 0.3 is 0 Å². The minimum Gasteiger partial charge on any atom is -0.397 e. The van der Waals surface area contributed by atoms with Crippen molar-refractivity contribution in [3.63, 3.8) is 0 Å². The molecule has 0 atom stereocenters. The molecule has 1 fully saturated rings. The average Bonchev–Trinajstić information content (AvgIpc) is 3.24. The van der Waals surface area contributed by atoms with E-state index in [1.54, 1.807) is 18.5 Å². The van der Waals surface area contributed by atoms with Gasteiger partial charge in [0, 0.05) is 32.3 Å². The molecule has 1 saturated heterocycles. The van der Waals surface area contributed by atoms with Crippen LogP contribution < -0.4 is 16.4 Å². The fourth-order valence-corrected chi connectivity index (χ4v) is 5.12. The predicted octanol–water partition coefficient (Wildman–Crippen LogP) is 4.44. The molecule has 9 heteroatoms. The Morgan fingerprint density at radius 2 is 1.86 bits per heavy atom. The molecule has 0 unspecified atom stereocenters. The molecule has 0 amide bonds. The van der Waals surface area contributed by atoms with Crippen molar-refractivity contribution in [2.45, 2.75) is 25.8 Å². The molecule has 0 saturated carbocycles. The molecule has 0 spiro atoms. The minimum atomic E-state index is -0.210. The molecule has 37 heavy (non-hydrogen) atoms. The number of fused-ring (bicyclic) bond motifs is 1. The molecule has 0 radical (unpaired) electrons. The Morgan fingerprint density at radius 3 is 2.65 bits per heavy atom. The number of rotatable bonds is 8. The summed E-state index contributed by atoms with van der Waals surface area (Å²) in [5, 5.41) is 6.92. The van der Waals surface area contributed by atoms with Crippen LogP contribution in [0.15, 0.2) is 67.0 Å². The monoisotopic (exact) mass is 517 g/mol. The molecular weight excluding hydrogens is 485 g/mol. The van der Waals surface area contributed by atoms with Crippen molar-refractivity contribution in [1.29, 1.82) is 0 Å². The second-order valence-electron chi connectivity index (χ2n) is 9.56. The number of anilines is 2. The molecule has 5 rings (SSSR count). The number of hydrogen-bond donors (Lipinski definition) is 3. The Kier molecular flexibility index (Phi) is 7.91. The summed E-state index contributed by atoms with van der Waals surface area (Å²) in [4.78, 5) is 11.5. The number of pyridine rings is 1. The van der Waals surface area contributed by atoms with Crippen LogP contribution in [0.3, 0.4) is 0 Å². The quantitative estimate of drug-likeness (QED) is 0.298. The maximum absolute atomic E-state index is 13.4. The zero-order valence-corrected chi connectivity index (χ0v) is 21.6. The van der Waals surface area contributed by atoms with Crippen molar-refractivity contribution in [3.8, 4) is 0 Å². The van der Waals surface area contributed by atoms with E-state index in [1.807, 2.05) is 24.3 Å². The van der Waals surface area contributed by atoms with Crippen molar-refractivity contribution in [1.82, 2.24) is 24.8 Å². The fourth-order valence-electron chi connectivity index (χ4n) is 4.91. The van der Waals surface area contributed by atoms with Gasteiger partial charge in [-0.3, -0.25) is 4.98 Å². The van der Waals surface area contributed by atoms with E-state index < -0.39 is 0 Å². The van der Waals surface area contributed by atoms with E-state index in [0.29, 0.717) is 28.9 Å². The number of halogens is 1. The number of imidazole rings is 1. The van der Waals surface area contributed by atoms with E-state index >= 15 is 0 Å². The second-order valence-corrected chi connectivity index (χ2v) is 9.97. The number of nitrogens with two attached hydrogens (primary N) is 1. The Balaban J connectivity index is 1.13. The number of para-hydroxylation sites is 2. The Hall–Kier alpha value is -3.56. The highest BCUT2D eigenvalue weighted by atomic mass is 32.1. The van der Waals surface area contributed by atoms with Crippen LogP contribution in [0.2, 0.25) is 0 Å². The first-order valence-electron chi connectivity index (χ1n) is 12.7. The van der Waals surface area contributed by atoms with E-state index in [2.05, 4.69) is 37.2 Å². The van der Waals surface area contributed by atoms with E-state index in [-0.39, 0.29) is 5.82 Å². The number of nitrogens with one attached hydrogen (secondary N) is 2. The van der Waals surface area contributed by atoms with Gasteiger partial charge in [-0.2, -0.15) is 0 Å². The molecule has 4 aromatic rings. The summed E-state index contributed by atoms with van der Waals surface area (Å²) in [7, 11) is 0. The van der Waals surface area contributed by atoms with Crippen LogP contribution in [-0.2, 0) is 13.0 Å². The minimum absolute atomic E-state index is 0.210. The lowest BCUT2D eigenvalue weighted by Crippen LogP contribution is -2.41. The number of benzene rings is 2. The second kappa shape index (κ2) is 11.7. The number of nitrogens with zero attached hydrogens (tertiary/aromatic N) is 4. The van der Waals surface area contributed by atoms with Crippen LogP contribution in [0.1, 0.15) is 24.2 Å². The summed E-state index contributed by atoms with van der Waals surface area (Å²) in [5.41, 5.74) is 10.5. The number of likely N-dealkylation sites (tertiary alicyclic amines) is 1. The van der Waals surface area contributed by atoms with E-state index in [4.69, 9.17) is 22.9 Å². The van der Waals surface area contributed by atoms with Crippen molar-refractivity contribution >= 4 is 39.7 Å². The van der Waals surface area contributed by atoms with Gasteiger partial charge in [0.25, 0.3) is 0 Å². The molecule has 2 aromatic heterocycles. The Bertz CT molecular complexity index is 1350. The molecule has 3 heterocycles. The highest BCUT2D eigenvalue weighted by Crippen LogP contribution is 2.25. The molecule has 1 aliphatic rings. The van der Waals surface area contributed by atoms with Gasteiger partial charge in [-0.1, -0.05) is 24.3 Å². The SMILES string of the molecule is Nc1ccncc1NC(=S)NCCN1CCC(Cc2nc3ccccc3n2Cc2ccc(F)cc2)CC1. The third-order valence-electron chi connectivity index (χ3n) is 6.98. The van der Waals surface area contributed by atoms with Crippen LogP contribution in [0, 0.1) is 11.7 Å². The van der Waals surface area contributed by atoms with Crippen molar-refractivity contribution < 1.29 is 4.39 Å². The van der Waals surface area contributed by atoms with Crippen molar-refractivity contribution in [2.24, 2.45) is 5.92 Å². The van der Waals surface area contributed by atoms with Crippen LogP contribution in [0.4, 0.5) is 15.8 Å². The van der Waals surface area contributed by atoms with E-state index in [0.717, 1.165) is 67.9 Å². The van der Waals surface area contributed by atoms with Gasteiger partial charge in [0.2, 0.25) is 0 Å². The smallest absolute Gasteiger partial charge is 0.170 e. The highest BCUT2D eigenvalue weighted by Gasteiger charge is 2.22. The lowest BCUT2D eigenvalue weighted by molar-refractivity contribution is 0.185. The van der Waals surface area contributed by atoms with Gasteiger partial charge in [0.1, 0.15) is 11.6 Å². The molecule has 4 N–H and O–H groups in total. The first kappa shape index (κ1) is 25.1.